The number of amides is 1. The summed E-state index contributed by atoms with van der Waals surface area (Å²) < 4.78 is 11.4. The molecular formula is C34H31N3O3. The second-order valence-electron chi connectivity index (χ2n) is 9.86. The van der Waals surface area contributed by atoms with Crippen LogP contribution in [-0.4, -0.2) is 54.0 Å². The maximum absolute atomic E-state index is 13.8. The molecule has 0 spiro atoms. The molecule has 5 aromatic rings. The Hall–Kier alpha value is -4.68. The van der Waals surface area contributed by atoms with E-state index in [-0.39, 0.29) is 11.9 Å². The standard InChI is InChI=1S/C34H31N3O3/c1-39-28-18-16-25(17-19-28)31-24-35-33(40-31)29-14-8-9-15-30(29)34(38)37-22-20-36(21-23-37)32(26-10-4-2-5-11-26)27-12-6-3-7-13-27/h2-19,24,32H,20-23H2,1H3. The molecule has 1 fully saturated rings. The summed E-state index contributed by atoms with van der Waals surface area (Å²) in [5.41, 5.74) is 4.71. The van der Waals surface area contributed by atoms with Crippen LogP contribution in [0.15, 0.2) is 120 Å². The largest absolute Gasteiger partial charge is 0.497 e. The first-order valence-corrected chi connectivity index (χ1v) is 13.5. The highest BCUT2D eigenvalue weighted by molar-refractivity contribution is 6.00. The van der Waals surface area contributed by atoms with Gasteiger partial charge in [-0.1, -0.05) is 72.8 Å². The Morgan fingerprint density at radius 2 is 1.38 bits per heavy atom. The molecule has 6 rings (SSSR count). The summed E-state index contributed by atoms with van der Waals surface area (Å²) in [7, 11) is 1.64. The molecule has 1 saturated heterocycles. The molecule has 0 unspecified atom stereocenters. The summed E-state index contributed by atoms with van der Waals surface area (Å²) in [6, 6.07) is 36.5. The van der Waals surface area contributed by atoms with Crippen molar-refractivity contribution in [2.75, 3.05) is 33.3 Å². The molecule has 1 aliphatic rings. The molecule has 6 heteroatoms. The van der Waals surface area contributed by atoms with Crippen molar-refractivity contribution >= 4 is 5.91 Å². The number of carbonyl (C=O) groups is 1. The fourth-order valence-electron chi connectivity index (χ4n) is 5.38. The lowest BCUT2D eigenvalue weighted by Crippen LogP contribution is -2.50. The molecule has 0 bridgehead atoms. The SMILES string of the molecule is COc1ccc(-c2cnc(-c3ccccc3C(=O)N3CCN(C(c4ccccc4)c4ccccc4)CC3)o2)cc1. The van der Waals surface area contributed by atoms with Gasteiger partial charge < -0.3 is 14.1 Å². The summed E-state index contributed by atoms with van der Waals surface area (Å²) in [5, 5.41) is 0. The van der Waals surface area contributed by atoms with Crippen LogP contribution in [0.2, 0.25) is 0 Å². The Balaban J connectivity index is 1.20. The highest BCUT2D eigenvalue weighted by atomic mass is 16.5. The van der Waals surface area contributed by atoms with Crippen molar-refractivity contribution < 1.29 is 13.9 Å². The van der Waals surface area contributed by atoms with Crippen molar-refractivity contribution in [1.82, 2.24) is 14.8 Å². The third-order valence-electron chi connectivity index (χ3n) is 7.47. The van der Waals surface area contributed by atoms with Gasteiger partial charge in [-0.3, -0.25) is 9.69 Å². The van der Waals surface area contributed by atoms with E-state index in [9.17, 15) is 4.79 Å². The number of carbonyl (C=O) groups excluding carboxylic acids is 1. The smallest absolute Gasteiger partial charge is 0.254 e. The maximum atomic E-state index is 13.8. The minimum Gasteiger partial charge on any atom is -0.497 e. The van der Waals surface area contributed by atoms with Gasteiger partial charge >= 0.3 is 0 Å². The Morgan fingerprint density at radius 1 is 0.775 bits per heavy atom. The van der Waals surface area contributed by atoms with Crippen molar-refractivity contribution in [1.29, 1.82) is 0 Å². The van der Waals surface area contributed by atoms with E-state index in [2.05, 4.69) is 58.4 Å². The first kappa shape index (κ1) is 25.6. The van der Waals surface area contributed by atoms with Crippen LogP contribution >= 0.6 is 0 Å². The van der Waals surface area contributed by atoms with Gasteiger partial charge in [-0.25, -0.2) is 4.98 Å². The second-order valence-corrected chi connectivity index (χ2v) is 9.86. The number of hydrogen-bond acceptors (Lipinski definition) is 5. The summed E-state index contributed by atoms with van der Waals surface area (Å²) in [4.78, 5) is 22.7. The molecule has 1 aromatic heterocycles. The normalized spacial score (nSPS) is 13.9. The Bertz CT molecular complexity index is 1520. The molecule has 40 heavy (non-hydrogen) atoms. The van der Waals surface area contributed by atoms with Gasteiger partial charge in [0.2, 0.25) is 5.89 Å². The lowest BCUT2D eigenvalue weighted by Gasteiger charge is -2.40. The van der Waals surface area contributed by atoms with Gasteiger partial charge in [-0.15, -0.1) is 0 Å². The minimum atomic E-state index is -0.00424. The number of benzene rings is 4. The van der Waals surface area contributed by atoms with Crippen LogP contribution in [0, 0.1) is 0 Å². The number of ether oxygens (including phenoxy) is 1. The summed E-state index contributed by atoms with van der Waals surface area (Å²) in [6.45, 7) is 2.85. The van der Waals surface area contributed by atoms with Gasteiger partial charge in [0.05, 0.1) is 24.9 Å². The van der Waals surface area contributed by atoms with Crippen LogP contribution in [0.25, 0.3) is 22.8 Å². The molecular weight excluding hydrogens is 498 g/mol. The van der Waals surface area contributed by atoms with Gasteiger partial charge in [0.15, 0.2) is 5.76 Å². The number of methoxy groups -OCH3 is 1. The van der Waals surface area contributed by atoms with Crippen LogP contribution in [-0.2, 0) is 0 Å². The van der Waals surface area contributed by atoms with Crippen molar-refractivity contribution in [3.05, 3.63) is 132 Å². The fraction of sp³-hybridized carbons (Fsp3) is 0.176. The average Bonchev–Trinajstić information content (AvgIpc) is 3.53. The molecule has 6 nitrogen and oxygen atoms in total. The third-order valence-corrected chi connectivity index (χ3v) is 7.47. The second kappa shape index (κ2) is 11.6. The lowest BCUT2D eigenvalue weighted by atomic mass is 9.96. The summed E-state index contributed by atoms with van der Waals surface area (Å²) in [5.74, 6) is 1.84. The minimum absolute atomic E-state index is 0.00424. The number of aromatic nitrogens is 1. The summed E-state index contributed by atoms with van der Waals surface area (Å²) >= 11 is 0. The third kappa shape index (κ3) is 5.26. The van der Waals surface area contributed by atoms with Gasteiger partial charge in [0.1, 0.15) is 5.75 Å². The van der Waals surface area contributed by atoms with E-state index in [1.54, 1.807) is 13.3 Å². The number of oxazole rings is 1. The Kier molecular flexibility index (Phi) is 7.42. The Morgan fingerprint density at radius 3 is 2.00 bits per heavy atom. The highest BCUT2D eigenvalue weighted by Gasteiger charge is 2.29. The molecule has 4 aromatic carbocycles. The van der Waals surface area contributed by atoms with Crippen molar-refractivity contribution in [2.24, 2.45) is 0 Å². The topological polar surface area (TPSA) is 58.8 Å². The van der Waals surface area contributed by atoms with E-state index in [1.807, 2.05) is 65.6 Å². The van der Waals surface area contributed by atoms with Crippen molar-refractivity contribution in [2.45, 2.75) is 6.04 Å². The molecule has 0 saturated carbocycles. The fourth-order valence-corrected chi connectivity index (χ4v) is 5.38. The zero-order valence-corrected chi connectivity index (χ0v) is 22.4. The van der Waals surface area contributed by atoms with Crippen molar-refractivity contribution in [3.63, 3.8) is 0 Å². The first-order valence-electron chi connectivity index (χ1n) is 13.5. The monoisotopic (exact) mass is 529 g/mol. The number of nitrogens with zero attached hydrogens (tertiary/aromatic N) is 3. The van der Waals surface area contributed by atoms with E-state index < -0.39 is 0 Å². The van der Waals surface area contributed by atoms with E-state index in [1.165, 1.54) is 11.1 Å². The molecule has 2 heterocycles. The average molecular weight is 530 g/mol. The maximum Gasteiger partial charge on any atom is 0.254 e. The number of piperazine rings is 1. The van der Waals surface area contributed by atoms with E-state index in [0.717, 1.165) is 24.4 Å². The predicted molar refractivity (Wildman–Crippen MR) is 156 cm³/mol. The molecule has 1 amide bonds. The number of hydrogen-bond donors (Lipinski definition) is 0. The first-order chi connectivity index (χ1) is 19.7. The molecule has 0 atom stereocenters. The Labute approximate surface area is 234 Å². The quantitative estimate of drug-likeness (QED) is 0.239. The summed E-state index contributed by atoms with van der Waals surface area (Å²) in [6.07, 6.45) is 1.70. The zero-order valence-electron chi connectivity index (χ0n) is 22.4. The van der Waals surface area contributed by atoms with Gasteiger partial charge in [-0.2, -0.15) is 0 Å². The van der Waals surface area contributed by atoms with Crippen LogP contribution in [0.5, 0.6) is 5.75 Å². The molecule has 1 aliphatic heterocycles. The van der Waals surface area contributed by atoms with Crippen molar-refractivity contribution in [3.8, 4) is 28.5 Å². The van der Waals surface area contributed by atoms with Crippen LogP contribution in [0.4, 0.5) is 0 Å². The predicted octanol–water partition coefficient (Wildman–Crippen LogP) is 6.56. The molecule has 0 radical (unpaired) electrons. The molecule has 200 valence electrons. The van der Waals surface area contributed by atoms with Gasteiger partial charge in [0.25, 0.3) is 5.91 Å². The van der Waals surface area contributed by atoms with Gasteiger partial charge in [-0.05, 0) is 47.5 Å². The van der Waals surface area contributed by atoms with Crippen LogP contribution < -0.4 is 4.74 Å². The van der Waals surface area contributed by atoms with Crippen LogP contribution in [0.1, 0.15) is 27.5 Å². The van der Waals surface area contributed by atoms with E-state index in [4.69, 9.17) is 9.15 Å². The molecule has 0 N–H and O–H groups in total. The van der Waals surface area contributed by atoms with E-state index >= 15 is 0 Å². The zero-order chi connectivity index (χ0) is 27.3. The van der Waals surface area contributed by atoms with E-state index in [0.29, 0.717) is 35.9 Å². The number of rotatable bonds is 7. The van der Waals surface area contributed by atoms with Crippen LogP contribution in [0.3, 0.4) is 0 Å². The highest BCUT2D eigenvalue weighted by Crippen LogP contribution is 2.32. The lowest BCUT2D eigenvalue weighted by molar-refractivity contribution is 0.0598. The molecule has 0 aliphatic carbocycles. The van der Waals surface area contributed by atoms with Gasteiger partial charge in [0, 0.05) is 37.3 Å².